The quantitative estimate of drug-likeness (QED) is 0.0250. The Hall–Kier alpha value is -0.548. The monoisotopic (exact) mass is 555 g/mol. The lowest BCUT2D eigenvalue weighted by Crippen LogP contribution is -2.35. The summed E-state index contributed by atoms with van der Waals surface area (Å²) in [5.41, 5.74) is 8.96. The fraction of sp³-hybridized carbons (Fsp3) is 0.964. The SMILES string of the molecule is [2H][Si]([B])(OC[C@@H](CCC(CCCCCCCCC)NC(=O)CCCCCCCCCCCCC)N=[N+]=[N-])P[3H]. The molecule has 0 heterocycles. The summed E-state index contributed by atoms with van der Waals surface area (Å²) in [6, 6.07) is -0.390. The van der Waals surface area contributed by atoms with Crippen molar-refractivity contribution >= 4 is 30.6 Å². The summed E-state index contributed by atoms with van der Waals surface area (Å²) in [5.74, 6) is 0.116. The van der Waals surface area contributed by atoms with Gasteiger partial charge in [-0.15, -0.1) is 8.73 Å². The van der Waals surface area contributed by atoms with Gasteiger partial charge in [0, 0.05) is 25.2 Å². The molecule has 0 aliphatic heterocycles. The van der Waals surface area contributed by atoms with Crippen LogP contribution in [0, 0.1) is 0 Å². The average molecular weight is 556 g/mol. The summed E-state index contributed by atoms with van der Waals surface area (Å²) in [5, 5.41) is 7.08. The summed E-state index contributed by atoms with van der Waals surface area (Å²) in [7, 11) is 2.00. The van der Waals surface area contributed by atoms with Crippen molar-refractivity contribution in [3.63, 3.8) is 0 Å². The Bertz CT molecular complexity index is 634. The molecule has 1 N–H and O–H groups in total. The van der Waals surface area contributed by atoms with Crippen LogP contribution in [0.15, 0.2) is 5.11 Å². The minimum Gasteiger partial charge on any atom is -0.425 e. The number of hydrogen-bond donors (Lipinski definition) is 1. The number of nitrogens with zero attached hydrogens (tertiary/aromatic N) is 3. The number of hydrogen-bond acceptors (Lipinski definition) is 3. The van der Waals surface area contributed by atoms with Crippen molar-refractivity contribution in [3.8, 4) is 0 Å². The number of carbonyl (C=O) groups excluding carboxylic acids is 1. The van der Waals surface area contributed by atoms with Gasteiger partial charge < -0.3 is 9.74 Å². The highest BCUT2D eigenvalue weighted by molar-refractivity contribution is 7.70. The molecule has 6 nitrogen and oxygen atoms in total. The first kappa shape index (κ1) is 32.7. The summed E-state index contributed by atoms with van der Waals surface area (Å²) < 4.78 is 20.7. The Morgan fingerprint density at radius 2 is 1.46 bits per heavy atom. The third-order valence-electron chi connectivity index (χ3n) is 7.02. The number of amides is 1. The van der Waals surface area contributed by atoms with Crippen molar-refractivity contribution in [1.29, 1.82) is 2.51 Å². The second-order valence-corrected chi connectivity index (χ2v) is 13.1. The average Bonchev–Trinajstić information content (AvgIpc) is 2.92. The molecular weight excluding hydrogens is 494 g/mol. The molecule has 4 atom stereocenters. The Labute approximate surface area is 236 Å². The van der Waals surface area contributed by atoms with E-state index in [1.165, 1.54) is 96.3 Å². The molecule has 3 unspecified atom stereocenters. The topological polar surface area (TPSA) is 87.1 Å². The maximum Gasteiger partial charge on any atom is 0.220 e. The van der Waals surface area contributed by atoms with E-state index in [1.54, 1.807) is 0 Å². The van der Waals surface area contributed by atoms with Crippen LogP contribution >= 0.6 is 8.73 Å². The summed E-state index contributed by atoms with van der Waals surface area (Å²) in [6.45, 7) is 4.55. The first-order valence-electron chi connectivity index (χ1n) is 16.3. The molecule has 9 heteroatoms. The first-order valence-corrected chi connectivity index (χ1v) is 18.3. The van der Waals surface area contributed by atoms with E-state index in [0.717, 1.165) is 25.7 Å². The Morgan fingerprint density at radius 1 is 0.946 bits per heavy atom. The molecule has 0 saturated heterocycles. The predicted molar refractivity (Wildman–Crippen MR) is 166 cm³/mol. The molecule has 0 rings (SSSR count). The van der Waals surface area contributed by atoms with Gasteiger partial charge in [0.1, 0.15) is 8.51 Å². The molecule has 0 aliphatic rings. The van der Waals surface area contributed by atoms with Gasteiger partial charge in [0.2, 0.25) is 5.91 Å². The van der Waals surface area contributed by atoms with Crippen LogP contribution in [0.1, 0.15) is 155 Å². The van der Waals surface area contributed by atoms with Gasteiger partial charge in [-0.1, -0.05) is 128 Å². The molecular formula is C28H58BN4O2PSi. The van der Waals surface area contributed by atoms with Crippen LogP contribution in [0.25, 0.3) is 10.4 Å². The molecule has 0 aliphatic carbocycles. The van der Waals surface area contributed by atoms with E-state index in [2.05, 4.69) is 29.2 Å². The van der Waals surface area contributed by atoms with Gasteiger partial charge in [0.05, 0.1) is 14.8 Å². The summed E-state index contributed by atoms with van der Waals surface area (Å²) in [6.07, 6.45) is 25.3. The first-order chi connectivity index (χ1) is 18.9. The van der Waals surface area contributed by atoms with Crippen LogP contribution in [0.5, 0.6) is 0 Å². The van der Waals surface area contributed by atoms with Crippen molar-refractivity contribution in [2.45, 2.75) is 167 Å². The molecule has 0 fully saturated rings. The lowest BCUT2D eigenvalue weighted by molar-refractivity contribution is -0.122. The summed E-state index contributed by atoms with van der Waals surface area (Å²) in [4.78, 5) is 15.6. The van der Waals surface area contributed by atoms with Gasteiger partial charge in [0.15, 0.2) is 0 Å². The van der Waals surface area contributed by atoms with Crippen LogP contribution in [0.4, 0.5) is 0 Å². The highest BCUT2D eigenvalue weighted by Crippen LogP contribution is 2.16. The Kier molecular flexibility index (Phi) is 25.1. The van der Waals surface area contributed by atoms with Gasteiger partial charge >= 0.3 is 0 Å². The Balaban J connectivity index is 4.45. The third-order valence-corrected chi connectivity index (χ3v) is 7.93. The number of carbonyl (C=O) groups is 1. The Morgan fingerprint density at radius 3 is 1.97 bits per heavy atom. The molecule has 0 bridgehead atoms. The van der Waals surface area contributed by atoms with E-state index in [0.29, 0.717) is 19.3 Å². The molecule has 0 aromatic heterocycles. The zero-order valence-electron chi connectivity index (χ0n) is 26.2. The maximum atomic E-state index is 12.7. The third kappa shape index (κ3) is 26.8. The van der Waals surface area contributed by atoms with Crippen molar-refractivity contribution in [2.24, 2.45) is 5.11 Å². The smallest absolute Gasteiger partial charge is 0.220 e. The second kappa shape index (κ2) is 28.5. The van der Waals surface area contributed by atoms with E-state index in [4.69, 9.17) is 19.9 Å². The van der Waals surface area contributed by atoms with Gasteiger partial charge in [0.25, 0.3) is 0 Å². The van der Waals surface area contributed by atoms with Crippen molar-refractivity contribution < 1.29 is 9.22 Å². The van der Waals surface area contributed by atoms with Crippen molar-refractivity contribution in [2.75, 3.05) is 6.61 Å². The molecule has 214 valence electrons. The molecule has 0 saturated carbocycles. The van der Waals surface area contributed by atoms with E-state index >= 15 is 0 Å². The van der Waals surface area contributed by atoms with Gasteiger partial charge in [-0.3, -0.25) is 4.79 Å². The second-order valence-electron chi connectivity index (χ2n) is 10.6. The lowest BCUT2D eigenvalue weighted by Gasteiger charge is -2.21. The van der Waals surface area contributed by atoms with Crippen LogP contribution in [0.3, 0.4) is 0 Å². The zero-order valence-corrected chi connectivity index (χ0v) is 26.2. The number of rotatable bonds is 29. The summed E-state index contributed by atoms with van der Waals surface area (Å²) >= 11 is 0. The number of unbranched alkanes of at least 4 members (excludes halogenated alkanes) is 16. The zero-order chi connectivity index (χ0) is 29.0. The lowest BCUT2D eigenvalue weighted by atomic mass is 9.99. The van der Waals surface area contributed by atoms with Crippen LogP contribution in [-0.4, -0.2) is 43.1 Å². The molecule has 37 heavy (non-hydrogen) atoms. The minimum atomic E-state index is -3.24. The molecule has 0 aromatic carbocycles. The standard InChI is InChI=1S/C28H58BN4O2PSi/c1-3-5-7-9-11-12-13-14-16-18-20-22-28(34)31-26(21-19-17-15-10-8-6-4-2)23-24-27(32-33-30)25-35-37(29)36/h26-27,37H,3-25,36H2,1-2H3,(H,31,34)/t26?,27-,37?/m1/s1/i36T,37D/t26?,27-,36?,37?. The number of nitrogens with one attached hydrogen (secondary N) is 1. The fourth-order valence-corrected chi connectivity index (χ4v) is 5.34. The van der Waals surface area contributed by atoms with E-state index < -0.39 is 23.3 Å². The van der Waals surface area contributed by atoms with Gasteiger partial charge in [-0.2, -0.15) is 0 Å². The highest BCUT2D eigenvalue weighted by Gasteiger charge is 2.16. The molecule has 2 radical (unpaired) electrons. The fourth-order valence-electron chi connectivity index (χ4n) is 4.71. The minimum absolute atomic E-state index is 0.0474. The normalized spacial score (nSPS) is 15.5. The number of azide groups is 1. The predicted octanol–water partition coefficient (Wildman–Crippen LogP) is 8.55. The van der Waals surface area contributed by atoms with Crippen molar-refractivity contribution in [3.05, 3.63) is 10.4 Å². The molecule has 1 amide bonds. The highest BCUT2D eigenvalue weighted by atomic mass is 31.3. The van der Waals surface area contributed by atoms with Crippen LogP contribution in [-0.2, 0) is 9.22 Å². The largest absolute Gasteiger partial charge is 0.425 e. The maximum absolute atomic E-state index is 12.7. The van der Waals surface area contributed by atoms with Gasteiger partial charge in [-0.25, -0.2) is 0 Å². The van der Waals surface area contributed by atoms with E-state index in [-0.39, 0.29) is 18.6 Å². The van der Waals surface area contributed by atoms with Crippen LogP contribution < -0.4 is 5.32 Å². The van der Waals surface area contributed by atoms with E-state index in [9.17, 15) is 4.79 Å². The van der Waals surface area contributed by atoms with E-state index in [1.807, 2.05) is 0 Å². The van der Waals surface area contributed by atoms with Crippen LogP contribution in [0.2, 0.25) is 0 Å². The van der Waals surface area contributed by atoms with Crippen molar-refractivity contribution in [1.82, 2.24) is 5.32 Å². The van der Waals surface area contributed by atoms with Gasteiger partial charge in [-0.05, 0) is 31.2 Å². The molecule has 0 spiro atoms. The molecule has 0 aromatic rings.